The number of fused-ring (bicyclic) bond motifs is 1. The first-order valence-corrected chi connectivity index (χ1v) is 10.9. The summed E-state index contributed by atoms with van der Waals surface area (Å²) in [5.74, 6) is 0.802. The second kappa shape index (κ2) is 8.58. The van der Waals surface area contributed by atoms with Gasteiger partial charge >= 0.3 is 0 Å². The molecule has 0 bridgehead atoms. The van der Waals surface area contributed by atoms with Gasteiger partial charge in [-0.3, -0.25) is 0 Å². The summed E-state index contributed by atoms with van der Waals surface area (Å²) in [5, 5.41) is 25.2. The van der Waals surface area contributed by atoms with Gasteiger partial charge in [-0.25, -0.2) is 9.37 Å². The fourth-order valence-electron chi connectivity index (χ4n) is 4.47. The van der Waals surface area contributed by atoms with Crippen molar-refractivity contribution in [1.29, 1.82) is 0 Å². The van der Waals surface area contributed by atoms with Crippen LogP contribution in [0.2, 0.25) is 0 Å². The number of halogens is 1. The Balaban J connectivity index is 1.50. The van der Waals surface area contributed by atoms with Crippen molar-refractivity contribution in [2.75, 3.05) is 20.3 Å². The van der Waals surface area contributed by atoms with E-state index < -0.39 is 24.3 Å². The number of benzene rings is 2. The molecule has 0 amide bonds. The lowest BCUT2D eigenvalue weighted by molar-refractivity contribution is -0.144. The van der Waals surface area contributed by atoms with E-state index in [0.29, 0.717) is 23.6 Å². The second-order valence-electron chi connectivity index (χ2n) is 8.45. The number of aliphatic hydroxyl groups is 2. The third-order valence-corrected chi connectivity index (χ3v) is 6.16. The summed E-state index contributed by atoms with van der Waals surface area (Å²) in [6.45, 7) is 1.72. The molecule has 1 aromatic heterocycles. The van der Waals surface area contributed by atoms with E-state index >= 15 is 0 Å². The summed E-state index contributed by atoms with van der Waals surface area (Å²) in [6, 6.07) is 11.5. The lowest BCUT2D eigenvalue weighted by Gasteiger charge is -2.40. The molecule has 3 aromatic rings. The van der Waals surface area contributed by atoms with Crippen molar-refractivity contribution in [3.05, 3.63) is 83.2 Å². The normalized spacial score (nSPS) is 23.0. The number of rotatable bonds is 5. The SMILES string of the molecule is COc1cc(/C=C2\C[C@@H](O)CN3C2=NO[C@]3(CO)c2ccc(F)cc2)ccc1-n1cnc(C)c1. The van der Waals surface area contributed by atoms with Crippen LogP contribution in [-0.2, 0) is 10.6 Å². The average Bonchev–Trinajstić information content (AvgIpc) is 3.43. The zero-order valence-corrected chi connectivity index (χ0v) is 18.8. The number of ether oxygens (including phenoxy) is 1. The largest absolute Gasteiger partial charge is 0.495 e. The van der Waals surface area contributed by atoms with Crippen molar-refractivity contribution >= 4 is 11.9 Å². The number of hydrogen-bond acceptors (Lipinski definition) is 7. The summed E-state index contributed by atoms with van der Waals surface area (Å²) in [6.07, 6.45) is 5.23. The van der Waals surface area contributed by atoms with Crippen molar-refractivity contribution in [2.45, 2.75) is 25.2 Å². The fourth-order valence-corrected chi connectivity index (χ4v) is 4.47. The molecule has 0 aliphatic carbocycles. The Bertz CT molecular complexity index is 1270. The minimum atomic E-state index is -1.33. The third kappa shape index (κ3) is 3.72. The van der Waals surface area contributed by atoms with Crippen LogP contribution in [0.5, 0.6) is 5.75 Å². The predicted octanol–water partition coefficient (Wildman–Crippen LogP) is 2.97. The van der Waals surface area contributed by atoms with Crippen molar-refractivity contribution in [3.8, 4) is 11.4 Å². The van der Waals surface area contributed by atoms with E-state index in [0.717, 1.165) is 22.5 Å². The molecule has 2 aromatic carbocycles. The number of aryl methyl sites for hydroxylation is 1. The molecule has 1 fully saturated rings. The molecule has 176 valence electrons. The summed E-state index contributed by atoms with van der Waals surface area (Å²) in [4.78, 5) is 11.8. The minimum Gasteiger partial charge on any atom is -0.495 e. The van der Waals surface area contributed by atoms with Crippen LogP contribution >= 0.6 is 0 Å². The smallest absolute Gasteiger partial charge is 0.260 e. The van der Waals surface area contributed by atoms with E-state index in [2.05, 4.69) is 10.1 Å². The van der Waals surface area contributed by atoms with Crippen LogP contribution in [-0.4, -0.2) is 56.9 Å². The fraction of sp³-hybridized carbons (Fsp3) is 0.280. The number of aliphatic hydroxyl groups excluding tert-OH is 2. The summed E-state index contributed by atoms with van der Waals surface area (Å²) in [7, 11) is 1.61. The van der Waals surface area contributed by atoms with Crippen LogP contribution in [0.3, 0.4) is 0 Å². The lowest BCUT2D eigenvalue weighted by atomic mass is 9.93. The zero-order chi connectivity index (χ0) is 23.9. The van der Waals surface area contributed by atoms with Gasteiger partial charge in [0.15, 0.2) is 5.84 Å². The highest BCUT2D eigenvalue weighted by atomic mass is 19.1. The first-order valence-electron chi connectivity index (χ1n) is 10.9. The summed E-state index contributed by atoms with van der Waals surface area (Å²) < 4.78 is 21.0. The molecule has 0 radical (unpaired) electrons. The number of oxime groups is 1. The maximum Gasteiger partial charge on any atom is 0.260 e. The van der Waals surface area contributed by atoms with Gasteiger partial charge in [0.25, 0.3) is 5.72 Å². The van der Waals surface area contributed by atoms with Gasteiger partial charge < -0.3 is 29.3 Å². The number of methoxy groups -OCH3 is 1. The van der Waals surface area contributed by atoms with Gasteiger partial charge in [0, 0.05) is 23.8 Å². The van der Waals surface area contributed by atoms with Crippen LogP contribution in [0.1, 0.15) is 23.2 Å². The Morgan fingerprint density at radius 3 is 2.74 bits per heavy atom. The molecule has 1 saturated heterocycles. The quantitative estimate of drug-likeness (QED) is 0.603. The molecule has 2 N–H and O–H groups in total. The first-order chi connectivity index (χ1) is 16.4. The highest BCUT2D eigenvalue weighted by molar-refractivity contribution is 6.03. The van der Waals surface area contributed by atoms with Crippen molar-refractivity contribution < 1.29 is 24.2 Å². The van der Waals surface area contributed by atoms with Gasteiger partial charge in [-0.05, 0) is 55.0 Å². The minimum absolute atomic E-state index is 0.219. The maximum absolute atomic E-state index is 13.5. The van der Waals surface area contributed by atoms with E-state index in [9.17, 15) is 14.6 Å². The van der Waals surface area contributed by atoms with E-state index in [-0.39, 0.29) is 6.54 Å². The van der Waals surface area contributed by atoms with E-state index in [1.54, 1.807) is 30.5 Å². The topological polar surface area (TPSA) is 92.3 Å². The van der Waals surface area contributed by atoms with Gasteiger partial charge in [0.1, 0.15) is 18.2 Å². The molecule has 0 spiro atoms. The maximum atomic E-state index is 13.5. The molecular formula is C25H25FN4O4. The molecule has 9 heteroatoms. The summed E-state index contributed by atoms with van der Waals surface area (Å²) >= 11 is 0. The first kappa shape index (κ1) is 22.1. The molecular weight excluding hydrogens is 439 g/mol. The van der Waals surface area contributed by atoms with Crippen LogP contribution in [0.4, 0.5) is 4.39 Å². The molecule has 8 nitrogen and oxygen atoms in total. The Hall–Kier alpha value is -3.69. The predicted molar refractivity (Wildman–Crippen MR) is 124 cm³/mol. The number of hydrogen-bond donors (Lipinski definition) is 2. The number of imidazole rings is 1. The molecule has 5 rings (SSSR count). The molecule has 2 aliphatic rings. The molecule has 2 atom stereocenters. The highest BCUT2D eigenvalue weighted by Crippen LogP contribution is 2.40. The van der Waals surface area contributed by atoms with Crippen molar-refractivity contribution in [3.63, 3.8) is 0 Å². The van der Waals surface area contributed by atoms with E-state index in [1.807, 2.05) is 42.0 Å². The van der Waals surface area contributed by atoms with E-state index in [1.165, 1.54) is 12.1 Å². The van der Waals surface area contributed by atoms with Crippen molar-refractivity contribution in [1.82, 2.24) is 14.5 Å². The van der Waals surface area contributed by atoms with Crippen molar-refractivity contribution in [2.24, 2.45) is 5.16 Å². The Morgan fingerprint density at radius 2 is 2.06 bits per heavy atom. The van der Waals surface area contributed by atoms with Gasteiger partial charge in [-0.1, -0.05) is 11.2 Å². The van der Waals surface area contributed by atoms with E-state index in [4.69, 9.17) is 9.57 Å². The second-order valence-corrected chi connectivity index (χ2v) is 8.45. The molecule has 2 aliphatic heterocycles. The van der Waals surface area contributed by atoms with Crippen LogP contribution in [0, 0.1) is 12.7 Å². The summed E-state index contributed by atoms with van der Waals surface area (Å²) in [5.41, 5.74) is 2.58. The number of nitrogens with zero attached hydrogens (tertiary/aromatic N) is 4. The Labute approximate surface area is 196 Å². The molecule has 0 saturated carbocycles. The third-order valence-electron chi connectivity index (χ3n) is 6.16. The van der Waals surface area contributed by atoms with Crippen LogP contribution in [0.15, 0.2) is 65.7 Å². The average molecular weight is 464 g/mol. The van der Waals surface area contributed by atoms with Crippen LogP contribution in [0.25, 0.3) is 11.8 Å². The van der Waals surface area contributed by atoms with Gasteiger partial charge in [-0.2, -0.15) is 0 Å². The highest BCUT2D eigenvalue weighted by Gasteiger charge is 2.50. The molecule has 3 heterocycles. The molecule has 34 heavy (non-hydrogen) atoms. The van der Waals surface area contributed by atoms with Gasteiger partial charge in [0.05, 0.1) is 37.5 Å². The van der Waals surface area contributed by atoms with Gasteiger partial charge in [-0.15, -0.1) is 0 Å². The lowest BCUT2D eigenvalue weighted by Crippen LogP contribution is -2.54. The Kier molecular flexibility index (Phi) is 5.59. The zero-order valence-electron chi connectivity index (χ0n) is 18.8. The number of piperidine rings is 1. The number of aromatic nitrogens is 2. The monoisotopic (exact) mass is 464 g/mol. The standard InChI is InChI=1S/C25H25FN4O4/c1-16-12-29(15-27-16)22-8-3-17(10-23(22)33-2)9-18-11-21(32)13-30-24(18)28-34-25(30,14-31)19-4-6-20(26)7-5-19/h3-10,12,15,21,31-32H,11,13-14H2,1-2H3/b18-9+/t21-,25-/m1/s1. The Morgan fingerprint density at radius 1 is 1.26 bits per heavy atom. The molecule has 0 unspecified atom stereocenters. The van der Waals surface area contributed by atoms with Gasteiger partial charge in [0.2, 0.25) is 0 Å². The number of amidine groups is 1. The van der Waals surface area contributed by atoms with Crippen LogP contribution < -0.4 is 4.74 Å².